The molecule has 0 bridgehead atoms. The van der Waals surface area contributed by atoms with E-state index < -0.39 is 6.09 Å². The van der Waals surface area contributed by atoms with Crippen LogP contribution >= 0.6 is 0 Å². The Hall–Kier alpha value is -3.35. The lowest BCUT2D eigenvalue weighted by Crippen LogP contribution is -2.45. The molecule has 0 fully saturated rings. The normalized spacial score (nSPS) is 18.0. The van der Waals surface area contributed by atoms with Crippen molar-refractivity contribution in [3.63, 3.8) is 0 Å². The Morgan fingerprint density at radius 2 is 1.79 bits per heavy atom. The molecule has 1 heterocycles. The van der Waals surface area contributed by atoms with Gasteiger partial charge in [0.25, 0.3) is 0 Å². The van der Waals surface area contributed by atoms with Crippen LogP contribution in [0.2, 0.25) is 0 Å². The number of hydrogen-bond acceptors (Lipinski definition) is 4. The summed E-state index contributed by atoms with van der Waals surface area (Å²) in [5.41, 5.74) is 1.70. The molecule has 1 unspecified atom stereocenters. The summed E-state index contributed by atoms with van der Waals surface area (Å²) < 4.78 is 23.3. The molecule has 0 radical (unpaired) electrons. The molecule has 2 aromatic carbocycles. The Morgan fingerprint density at radius 1 is 1.10 bits per heavy atom. The van der Waals surface area contributed by atoms with Crippen molar-refractivity contribution in [2.75, 3.05) is 27.3 Å². The molecule has 2 aromatic rings. The molecule has 0 saturated carbocycles. The van der Waals surface area contributed by atoms with Crippen molar-refractivity contribution in [2.45, 2.75) is 12.6 Å². The largest absolute Gasteiger partial charge is 0.497 e. The number of carbonyl (C=O) groups is 2. The molecular weight excluding hydrogens is 375 g/mol. The maximum Gasteiger partial charge on any atom is 0.410 e. The summed E-state index contributed by atoms with van der Waals surface area (Å²) in [5.74, 6) is 0.151. The molecular formula is C22H23FN2O4. The van der Waals surface area contributed by atoms with Gasteiger partial charge in [-0.05, 0) is 35.4 Å². The Bertz CT molecular complexity index is 881. The zero-order valence-electron chi connectivity index (χ0n) is 16.4. The van der Waals surface area contributed by atoms with Crippen LogP contribution in [0.5, 0.6) is 5.75 Å². The number of halogens is 1. The van der Waals surface area contributed by atoms with E-state index in [4.69, 9.17) is 9.47 Å². The van der Waals surface area contributed by atoms with E-state index in [1.807, 2.05) is 36.4 Å². The first-order valence-corrected chi connectivity index (χ1v) is 9.19. The molecule has 1 atom stereocenters. The van der Waals surface area contributed by atoms with E-state index in [2.05, 4.69) is 0 Å². The van der Waals surface area contributed by atoms with Crippen molar-refractivity contribution in [3.05, 3.63) is 77.6 Å². The zero-order valence-corrected chi connectivity index (χ0v) is 16.4. The second-order valence-electron chi connectivity index (χ2n) is 6.64. The number of ether oxygens (including phenoxy) is 2. The van der Waals surface area contributed by atoms with Gasteiger partial charge in [-0.3, -0.25) is 9.69 Å². The zero-order chi connectivity index (χ0) is 20.8. The predicted octanol–water partition coefficient (Wildman–Crippen LogP) is 3.54. The average molecular weight is 398 g/mol. The van der Waals surface area contributed by atoms with Crippen molar-refractivity contribution < 1.29 is 23.5 Å². The molecule has 7 heteroatoms. The quantitative estimate of drug-likeness (QED) is 0.739. The van der Waals surface area contributed by atoms with E-state index in [9.17, 15) is 14.0 Å². The van der Waals surface area contributed by atoms with Gasteiger partial charge in [-0.1, -0.05) is 36.4 Å². The first kappa shape index (κ1) is 20.4. The number of rotatable bonds is 4. The van der Waals surface area contributed by atoms with Gasteiger partial charge < -0.3 is 14.4 Å². The number of amides is 2. The van der Waals surface area contributed by atoms with Crippen LogP contribution in [0.25, 0.3) is 0 Å². The van der Waals surface area contributed by atoms with Crippen LogP contribution < -0.4 is 4.74 Å². The van der Waals surface area contributed by atoms with E-state index in [0.717, 1.165) is 16.9 Å². The molecule has 0 aliphatic carbocycles. The van der Waals surface area contributed by atoms with E-state index in [1.54, 1.807) is 24.1 Å². The van der Waals surface area contributed by atoms with Gasteiger partial charge in [0.2, 0.25) is 5.91 Å². The van der Waals surface area contributed by atoms with Crippen LogP contribution in [0, 0.1) is 5.82 Å². The van der Waals surface area contributed by atoms with Crippen molar-refractivity contribution in [1.82, 2.24) is 9.80 Å². The third-order valence-corrected chi connectivity index (χ3v) is 4.78. The minimum absolute atomic E-state index is 0.106. The number of methoxy groups -OCH3 is 2. The highest BCUT2D eigenvalue weighted by molar-refractivity contribution is 5.83. The van der Waals surface area contributed by atoms with Gasteiger partial charge in [-0.25, -0.2) is 9.18 Å². The van der Waals surface area contributed by atoms with Crippen LogP contribution in [-0.4, -0.2) is 49.1 Å². The van der Waals surface area contributed by atoms with Gasteiger partial charge in [-0.2, -0.15) is 0 Å². The lowest BCUT2D eigenvalue weighted by atomic mass is 10.0. The summed E-state index contributed by atoms with van der Waals surface area (Å²) in [4.78, 5) is 28.1. The summed E-state index contributed by atoms with van der Waals surface area (Å²) in [6.07, 6.45) is 3.17. The second-order valence-corrected chi connectivity index (χ2v) is 6.64. The molecule has 0 N–H and O–H groups in total. The van der Waals surface area contributed by atoms with Crippen molar-refractivity contribution in [1.29, 1.82) is 0 Å². The highest BCUT2D eigenvalue weighted by Crippen LogP contribution is 2.28. The number of carbonyl (C=O) groups excluding carboxylic acids is 2. The number of nitrogens with zero attached hydrogens (tertiary/aromatic N) is 2. The highest BCUT2D eigenvalue weighted by Gasteiger charge is 2.28. The van der Waals surface area contributed by atoms with E-state index in [-0.39, 0.29) is 37.4 Å². The summed E-state index contributed by atoms with van der Waals surface area (Å²) in [6.45, 7) is 0.440. The SMILES string of the molecule is COC(=O)N1C/C=C\C(c2ccc(OC)cc2)N(Cc2ccc(F)cc2)C(=O)C1. The summed E-state index contributed by atoms with van der Waals surface area (Å²) >= 11 is 0. The Kier molecular flexibility index (Phi) is 6.49. The van der Waals surface area contributed by atoms with Crippen molar-refractivity contribution in [2.24, 2.45) is 0 Å². The average Bonchev–Trinajstić information content (AvgIpc) is 2.74. The third-order valence-electron chi connectivity index (χ3n) is 4.78. The lowest BCUT2D eigenvalue weighted by Gasteiger charge is -2.34. The van der Waals surface area contributed by atoms with Crippen LogP contribution in [-0.2, 0) is 16.1 Å². The van der Waals surface area contributed by atoms with Crippen LogP contribution in [0.4, 0.5) is 9.18 Å². The Labute approximate surface area is 169 Å². The fourth-order valence-electron chi connectivity index (χ4n) is 3.23. The highest BCUT2D eigenvalue weighted by atomic mass is 19.1. The molecule has 0 saturated heterocycles. The molecule has 0 aromatic heterocycles. The lowest BCUT2D eigenvalue weighted by molar-refractivity contribution is -0.134. The van der Waals surface area contributed by atoms with Gasteiger partial charge >= 0.3 is 6.09 Å². The summed E-state index contributed by atoms with van der Waals surface area (Å²) in [6, 6.07) is 13.2. The predicted molar refractivity (Wildman–Crippen MR) is 106 cm³/mol. The van der Waals surface area contributed by atoms with Gasteiger partial charge in [0.05, 0.1) is 20.3 Å². The van der Waals surface area contributed by atoms with Crippen LogP contribution in [0.3, 0.4) is 0 Å². The smallest absolute Gasteiger partial charge is 0.410 e. The maximum atomic E-state index is 13.3. The first-order chi connectivity index (χ1) is 14.0. The van der Waals surface area contributed by atoms with Gasteiger partial charge in [0.15, 0.2) is 0 Å². The molecule has 1 aliphatic rings. The molecule has 152 valence electrons. The fourth-order valence-corrected chi connectivity index (χ4v) is 3.23. The van der Waals surface area contributed by atoms with Gasteiger partial charge in [-0.15, -0.1) is 0 Å². The fraction of sp³-hybridized carbons (Fsp3) is 0.273. The monoisotopic (exact) mass is 398 g/mol. The molecule has 0 spiro atoms. The van der Waals surface area contributed by atoms with Crippen molar-refractivity contribution in [3.8, 4) is 5.75 Å². The van der Waals surface area contributed by atoms with Crippen LogP contribution in [0.1, 0.15) is 17.2 Å². The van der Waals surface area contributed by atoms with Gasteiger partial charge in [0.1, 0.15) is 18.1 Å². The molecule has 29 heavy (non-hydrogen) atoms. The molecule has 1 aliphatic heterocycles. The standard InChI is InChI=1S/C22H23FN2O4/c1-28-19-11-7-17(8-12-19)20-4-3-13-24(22(27)29-2)15-21(26)25(20)14-16-5-9-18(23)10-6-16/h3-12,20H,13-15H2,1-2H3/b4-3-. The maximum absolute atomic E-state index is 13.3. The Morgan fingerprint density at radius 3 is 2.41 bits per heavy atom. The molecule has 3 rings (SSSR count). The summed E-state index contributed by atoms with van der Waals surface area (Å²) in [5, 5.41) is 0. The van der Waals surface area contributed by atoms with Crippen LogP contribution in [0.15, 0.2) is 60.7 Å². The van der Waals surface area contributed by atoms with Crippen molar-refractivity contribution >= 4 is 12.0 Å². The second kappa shape index (κ2) is 9.23. The van der Waals surface area contributed by atoms with E-state index in [0.29, 0.717) is 0 Å². The Balaban J connectivity index is 1.95. The van der Waals surface area contributed by atoms with Gasteiger partial charge in [0, 0.05) is 13.1 Å². The minimum Gasteiger partial charge on any atom is -0.497 e. The topological polar surface area (TPSA) is 59.1 Å². The van der Waals surface area contributed by atoms with E-state index in [1.165, 1.54) is 24.1 Å². The third kappa shape index (κ3) is 4.93. The minimum atomic E-state index is -0.562. The summed E-state index contributed by atoms with van der Waals surface area (Å²) in [7, 11) is 2.88. The number of benzene rings is 2. The van der Waals surface area contributed by atoms with E-state index >= 15 is 0 Å². The number of hydrogen-bond donors (Lipinski definition) is 0. The first-order valence-electron chi connectivity index (χ1n) is 9.19. The molecule has 2 amide bonds. The molecule has 6 nitrogen and oxygen atoms in total.